The lowest BCUT2D eigenvalue weighted by molar-refractivity contribution is -0.384. The van der Waals surface area contributed by atoms with Gasteiger partial charge < -0.3 is 15.6 Å². The molecule has 0 saturated heterocycles. The van der Waals surface area contributed by atoms with Crippen LogP contribution in [-0.2, 0) is 0 Å². The second kappa shape index (κ2) is 8.18. The smallest absolute Gasteiger partial charge is 0.270 e. The van der Waals surface area contributed by atoms with Gasteiger partial charge in [-0.3, -0.25) is 20.8 Å². The predicted molar refractivity (Wildman–Crippen MR) is 81.0 cm³/mol. The Morgan fingerprint density at radius 2 is 2.10 bits per heavy atom. The second-order valence-corrected chi connectivity index (χ2v) is 4.90. The van der Waals surface area contributed by atoms with Gasteiger partial charge in [-0.2, -0.15) is 0 Å². The molecule has 0 aliphatic carbocycles. The van der Waals surface area contributed by atoms with Crippen LogP contribution in [0.2, 0.25) is 0 Å². The Labute approximate surface area is 123 Å². The zero-order valence-corrected chi connectivity index (χ0v) is 12.3. The van der Waals surface area contributed by atoms with Crippen molar-refractivity contribution in [2.75, 3.05) is 32.6 Å². The Bertz CT molecular complexity index is 505. The molecule has 0 heterocycles. The zero-order valence-electron chi connectivity index (χ0n) is 12.3. The molecule has 0 spiro atoms. The first kappa shape index (κ1) is 16.9. The van der Waals surface area contributed by atoms with Gasteiger partial charge in [-0.05, 0) is 39.5 Å². The van der Waals surface area contributed by atoms with E-state index in [1.165, 1.54) is 18.2 Å². The number of hydrazine groups is 1. The molecule has 1 amide bonds. The first-order valence-electron chi connectivity index (χ1n) is 6.63. The number of benzene rings is 1. The van der Waals surface area contributed by atoms with Gasteiger partial charge in [0.15, 0.2) is 0 Å². The van der Waals surface area contributed by atoms with E-state index in [-0.39, 0.29) is 17.2 Å². The lowest BCUT2D eigenvalue weighted by atomic mass is 10.1. The molecule has 0 bridgehead atoms. The number of amides is 1. The average molecular weight is 295 g/mol. The summed E-state index contributed by atoms with van der Waals surface area (Å²) >= 11 is 0. The molecule has 0 radical (unpaired) electrons. The van der Waals surface area contributed by atoms with E-state index in [1.807, 2.05) is 14.1 Å². The first-order chi connectivity index (χ1) is 9.95. The highest BCUT2D eigenvalue weighted by Gasteiger charge is 2.15. The molecular weight excluding hydrogens is 274 g/mol. The molecule has 0 unspecified atom stereocenters. The summed E-state index contributed by atoms with van der Waals surface area (Å²) in [4.78, 5) is 24.3. The van der Waals surface area contributed by atoms with Gasteiger partial charge in [-0.1, -0.05) is 0 Å². The maximum atomic E-state index is 12.1. The van der Waals surface area contributed by atoms with Crippen molar-refractivity contribution in [3.8, 4) is 0 Å². The standard InChI is InChI=1S/C13H21N5O3/c1-17(2)8-4-3-7-15-13(19)11-9-10(18(20)21)5-6-12(11)16-14/h5-6,9,16H,3-4,7-8,14H2,1-2H3,(H,15,19). The van der Waals surface area contributed by atoms with Crippen LogP contribution in [-0.4, -0.2) is 42.9 Å². The Kier molecular flexibility index (Phi) is 6.57. The van der Waals surface area contributed by atoms with Crippen molar-refractivity contribution in [3.05, 3.63) is 33.9 Å². The van der Waals surface area contributed by atoms with Crippen LogP contribution in [0.1, 0.15) is 23.2 Å². The predicted octanol–water partition coefficient (Wildman–Crippen LogP) is 0.952. The summed E-state index contributed by atoms with van der Waals surface area (Å²) < 4.78 is 0. The number of nitrogens with one attached hydrogen (secondary N) is 2. The van der Waals surface area contributed by atoms with Gasteiger partial charge in [0.25, 0.3) is 11.6 Å². The maximum absolute atomic E-state index is 12.1. The summed E-state index contributed by atoms with van der Waals surface area (Å²) in [7, 11) is 3.97. The number of unbranched alkanes of at least 4 members (excludes halogenated alkanes) is 1. The summed E-state index contributed by atoms with van der Waals surface area (Å²) in [5.74, 6) is 4.94. The molecule has 0 atom stereocenters. The fraction of sp³-hybridized carbons (Fsp3) is 0.462. The molecule has 0 aliphatic heterocycles. The summed E-state index contributed by atoms with van der Waals surface area (Å²) in [5.41, 5.74) is 2.74. The van der Waals surface area contributed by atoms with Crippen LogP contribution in [0, 0.1) is 10.1 Å². The molecule has 0 fully saturated rings. The molecular formula is C13H21N5O3. The number of non-ortho nitro benzene ring substituents is 1. The topological polar surface area (TPSA) is 114 Å². The van der Waals surface area contributed by atoms with Crippen LogP contribution in [0.5, 0.6) is 0 Å². The van der Waals surface area contributed by atoms with Crippen molar-refractivity contribution in [3.63, 3.8) is 0 Å². The van der Waals surface area contributed by atoms with E-state index in [0.717, 1.165) is 19.4 Å². The van der Waals surface area contributed by atoms with E-state index in [1.54, 1.807) is 0 Å². The molecule has 21 heavy (non-hydrogen) atoms. The van der Waals surface area contributed by atoms with E-state index in [4.69, 9.17) is 5.84 Å². The van der Waals surface area contributed by atoms with Crippen molar-refractivity contribution < 1.29 is 9.72 Å². The minimum Gasteiger partial charge on any atom is -0.352 e. The van der Waals surface area contributed by atoms with Crippen LogP contribution in [0.25, 0.3) is 0 Å². The van der Waals surface area contributed by atoms with Gasteiger partial charge >= 0.3 is 0 Å². The van der Waals surface area contributed by atoms with Gasteiger partial charge in [-0.25, -0.2) is 0 Å². The summed E-state index contributed by atoms with van der Waals surface area (Å²) in [6, 6.07) is 3.92. The number of hydrogen-bond acceptors (Lipinski definition) is 6. The molecule has 0 aromatic heterocycles. The summed E-state index contributed by atoms with van der Waals surface area (Å²) in [5, 5.41) is 13.5. The lowest BCUT2D eigenvalue weighted by Gasteiger charge is -2.11. The SMILES string of the molecule is CN(C)CCCCNC(=O)c1cc([N+](=O)[O-])ccc1NN. The number of hydrogen-bond donors (Lipinski definition) is 3. The Morgan fingerprint density at radius 1 is 1.38 bits per heavy atom. The monoisotopic (exact) mass is 295 g/mol. The van der Waals surface area contributed by atoms with Crippen molar-refractivity contribution in [2.45, 2.75) is 12.8 Å². The van der Waals surface area contributed by atoms with Crippen LogP contribution in [0.3, 0.4) is 0 Å². The number of carbonyl (C=O) groups is 1. The minimum absolute atomic E-state index is 0.147. The van der Waals surface area contributed by atoms with Gasteiger partial charge in [0, 0.05) is 18.7 Å². The lowest BCUT2D eigenvalue weighted by Crippen LogP contribution is -2.27. The van der Waals surface area contributed by atoms with Crippen LogP contribution in [0.4, 0.5) is 11.4 Å². The number of nitrogens with zero attached hydrogens (tertiary/aromatic N) is 2. The molecule has 0 saturated carbocycles. The highest BCUT2D eigenvalue weighted by molar-refractivity contribution is 6.00. The number of nitro groups is 1. The molecule has 8 nitrogen and oxygen atoms in total. The Balaban J connectivity index is 2.63. The van der Waals surface area contributed by atoms with Crippen LogP contribution in [0.15, 0.2) is 18.2 Å². The third-order valence-corrected chi connectivity index (χ3v) is 2.93. The fourth-order valence-electron chi connectivity index (χ4n) is 1.81. The van der Waals surface area contributed by atoms with Crippen molar-refractivity contribution in [1.29, 1.82) is 0 Å². The molecule has 1 rings (SSSR count). The Hall–Kier alpha value is -2.19. The molecule has 4 N–H and O–H groups in total. The highest BCUT2D eigenvalue weighted by atomic mass is 16.6. The number of nitro benzene ring substituents is 1. The van der Waals surface area contributed by atoms with Gasteiger partial charge in [0.2, 0.25) is 0 Å². The Morgan fingerprint density at radius 3 is 2.67 bits per heavy atom. The summed E-state index contributed by atoms with van der Waals surface area (Å²) in [6.07, 6.45) is 1.80. The molecule has 0 aliphatic rings. The largest absolute Gasteiger partial charge is 0.352 e. The van der Waals surface area contributed by atoms with Gasteiger partial charge in [-0.15, -0.1) is 0 Å². The normalized spacial score (nSPS) is 10.5. The summed E-state index contributed by atoms with van der Waals surface area (Å²) in [6.45, 7) is 1.46. The second-order valence-electron chi connectivity index (χ2n) is 4.90. The molecule has 1 aromatic carbocycles. The maximum Gasteiger partial charge on any atom is 0.270 e. The van der Waals surface area contributed by atoms with Crippen LogP contribution < -0.4 is 16.6 Å². The fourth-order valence-corrected chi connectivity index (χ4v) is 1.81. The molecule has 8 heteroatoms. The van der Waals surface area contributed by atoms with Crippen molar-refractivity contribution in [1.82, 2.24) is 10.2 Å². The first-order valence-corrected chi connectivity index (χ1v) is 6.63. The number of nitrogens with two attached hydrogens (primary N) is 1. The number of rotatable bonds is 8. The quantitative estimate of drug-likeness (QED) is 0.285. The number of carbonyl (C=O) groups excluding carboxylic acids is 1. The number of nitrogen functional groups attached to an aromatic ring is 1. The van der Waals surface area contributed by atoms with Gasteiger partial charge in [0.1, 0.15) is 0 Å². The van der Waals surface area contributed by atoms with E-state index in [9.17, 15) is 14.9 Å². The highest BCUT2D eigenvalue weighted by Crippen LogP contribution is 2.21. The molecule has 1 aromatic rings. The third kappa shape index (κ3) is 5.36. The van der Waals surface area contributed by atoms with E-state index in [2.05, 4.69) is 15.6 Å². The van der Waals surface area contributed by atoms with Crippen molar-refractivity contribution >= 4 is 17.3 Å². The third-order valence-electron chi connectivity index (χ3n) is 2.93. The average Bonchev–Trinajstić information content (AvgIpc) is 2.45. The van der Waals surface area contributed by atoms with E-state index in [0.29, 0.717) is 12.2 Å². The number of anilines is 1. The minimum atomic E-state index is -0.547. The van der Waals surface area contributed by atoms with E-state index >= 15 is 0 Å². The zero-order chi connectivity index (χ0) is 15.8. The van der Waals surface area contributed by atoms with Crippen LogP contribution >= 0.6 is 0 Å². The molecule has 116 valence electrons. The van der Waals surface area contributed by atoms with Crippen molar-refractivity contribution in [2.24, 2.45) is 5.84 Å². The van der Waals surface area contributed by atoms with E-state index < -0.39 is 4.92 Å². The van der Waals surface area contributed by atoms with Gasteiger partial charge in [0.05, 0.1) is 16.2 Å².